The zero-order chi connectivity index (χ0) is 23.4. The summed E-state index contributed by atoms with van der Waals surface area (Å²) in [6.45, 7) is 8.93. The van der Waals surface area contributed by atoms with Gasteiger partial charge in [0, 0.05) is 42.0 Å². The van der Waals surface area contributed by atoms with Gasteiger partial charge in [-0.2, -0.15) is 0 Å². The standard InChI is InChI=1S/C25H34Cl2N2O3/c1-18(30)28-22-15-21(27)9-10-23(22)32-14-4-12-29-13-11-25(31,24(2,3)17-29)16-19-5-7-20(26)8-6-19/h5,7-10,15,19,31H,4,6,11-14,16-17H2,1-3H3,(H,28,30). The number of carbonyl (C=O) groups excluding carboxylic acids is 1. The lowest BCUT2D eigenvalue weighted by Gasteiger charge is -2.51. The van der Waals surface area contributed by atoms with Crippen molar-refractivity contribution in [2.45, 2.75) is 52.1 Å². The molecule has 0 saturated carbocycles. The van der Waals surface area contributed by atoms with Gasteiger partial charge in [-0.25, -0.2) is 0 Å². The van der Waals surface area contributed by atoms with E-state index in [4.69, 9.17) is 27.9 Å². The van der Waals surface area contributed by atoms with Gasteiger partial charge >= 0.3 is 0 Å². The van der Waals surface area contributed by atoms with Crippen LogP contribution >= 0.6 is 23.2 Å². The van der Waals surface area contributed by atoms with Crippen LogP contribution in [0.3, 0.4) is 0 Å². The molecule has 1 amide bonds. The molecular formula is C25H34Cl2N2O3. The van der Waals surface area contributed by atoms with E-state index in [0.29, 0.717) is 29.0 Å². The molecule has 2 aliphatic rings. The highest BCUT2D eigenvalue weighted by Gasteiger charge is 2.47. The quantitative estimate of drug-likeness (QED) is 0.474. The van der Waals surface area contributed by atoms with Crippen LogP contribution in [0.4, 0.5) is 5.69 Å². The molecule has 2 unspecified atom stereocenters. The molecule has 1 fully saturated rings. The third kappa shape index (κ3) is 6.50. The maximum atomic E-state index is 11.5. The Balaban J connectivity index is 1.48. The minimum Gasteiger partial charge on any atom is -0.491 e. The number of nitrogens with zero attached hydrogens (tertiary/aromatic N) is 1. The Bertz CT molecular complexity index is 884. The summed E-state index contributed by atoms with van der Waals surface area (Å²) in [4.78, 5) is 13.8. The van der Waals surface area contributed by atoms with Crippen molar-refractivity contribution in [1.82, 2.24) is 4.90 Å². The number of hydrogen-bond acceptors (Lipinski definition) is 4. The molecule has 176 valence electrons. The molecule has 2 atom stereocenters. The van der Waals surface area contributed by atoms with Crippen LogP contribution in [0.25, 0.3) is 0 Å². The average molecular weight is 481 g/mol. The van der Waals surface area contributed by atoms with E-state index >= 15 is 0 Å². The topological polar surface area (TPSA) is 61.8 Å². The number of benzene rings is 1. The van der Waals surface area contributed by atoms with E-state index in [-0.39, 0.29) is 11.3 Å². The molecule has 0 bridgehead atoms. The summed E-state index contributed by atoms with van der Waals surface area (Å²) in [6, 6.07) is 5.22. The van der Waals surface area contributed by atoms with Gasteiger partial charge < -0.3 is 20.1 Å². The lowest BCUT2D eigenvalue weighted by Crippen LogP contribution is -2.58. The molecular weight excluding hydrogens is 447 g/mol. The second kappa shape index (κ2) is 10.6. The van der Waals surface area contributed by atoms with Crippen molar-refractivity contribution in [3.63, 3.8) is 0 Å². The summed E-state index contributed by atoms with van der Waals surface area (Å²) >= 11 is 12.1. The first-order valence-electron chi connectivity index (χ1n) is 11.3. The first-order chi connectivity index (χ1) is 15.1. The number of amides is 1. The summed E-state index contributed by atoms with van der Waals surface area (Å²) in [5, 5.41) is 15.6. The third-order valence-corrected chi connectivity index (χ3v) is 7.11. The molecule has 2 N–H and O–H groups in total. The highest BCUT2D eigenvalue weighted by Crippen LogP contribution is 2.44. The lowest BCUT2D eigenvalue weighted by molar-refractivity contribution is -0.128. The van der Waals surface area contributed by atoms with E-state index in [1.165, 1.54) is 6.92 Å². The SMILES string of the molecule is CC(=O)Nc1cc(Cl)ccc1OCCCN1CCC(O)(CC2C=CC(Cl)=CC2)C(C)(C)C1. The minimum atomic E-state index is -0.691. The van der Waals surface area contributed by atoms with Crippen LogP contribution in [0, 0.1) is 11.3 Å². The fourth-order valence-electron chi connectivity index (χ4n) is 4.65. The third-order valence-electron chi connectivity index (χ3n) is 6.59. The Morgan fingerprint density at radius 1 is 1.34 bits per heavy atom. The predicted octanol–water partition coefficient (Wildman–Crippen LogP) is 5.62. The number of rotatable bonds is 8. The Morgan fingerprint density at radius 3 is 2.78 bits per heavy atom. The summed E-state index contributed by atoms with van der Waals surface area (Å²) in [6.07, 6.45) is 9.37. The Labute approximate surface area is 201 Å². The number of ether oxygens (including phenoxy) is 1. The highest BCUT2D eigenvalue weighted by molar-refractivity contribution is 6.31. The predicted molar refractivity (Wildman–Crippen MR) is 131 cm³/mol. The van der Waals surface area contributed by atoms with Crippen molar-refractivity contribution in [1.29, 1.82) is 0 Å². The maximum Gasteiger partial charge on any atom is 0.221 e. The van der Waals surface area contributed by atoms with Crippen LogP contribution in [0.15, 0.2) is 41.5 Å². The molecule has 1 aliphatic heterocycles. The summed E-state index contributed by atoms with van der Waals surface area (Å²) < 4.78 is 5.91. The van der Waals surface area contributed by atoms with Crippen LogP contribution < -0.4 is 10.1 Å². The van der Waals surface area contributed by atoms with Crippen molar-refractivity contribution in [2.24, 2.45) is 11.3 Å². The number of anilines is 1. The van der Waals surface area contributed by atoms with Gasteiger partial charge in [-0.1, -0.05) is 49.2 Å². The van der Waals surface area contributed by atoms with Crippen molar-refractivity contribution in [3.8, 4) is 5.75 Å². The first kappa shape index (κ1) is 25.1. The van der Waals surface area contributed by atoms with Crippen LogP contribution in [0.1, 0.15) is 46.5 Å². The number of carbonyl (C=O) groups is 1. The largest absolute Gasteiger partial charge is 0.491 e. The van der Waals surface area contributed by atoms with E-state index in [0.717, 1.165) is 50.3 Å². The zero-order valence-electron chi connectivity index (χ0n) is 19.2. The van der Waals surface area contributed by atoms with Crippen molar-refractivity contribution in [2.75, 3.05) is 31.6 Å². The van der Waals surface area contributed by atoms with Gasteiger partial charge in [0.2, 0.25) is 5.91 Å². The van der Waals surface area contributed by atoms with Crippen LogP contribution in [0.2, 0.25) is 5.02 Å². The molecule has 0 spiro atoms. The van der Waals surface area contributed by atoms with Gasteiger partial charge in [-0.3, -0.25) is 4.79 Å². The zero-order valence-corrected chi connectivity index (χ0v) is 20.7. The number of piperidine rings is 1. The number of likely N-dealkylation sites (tertiary alicyclic amines) is 1. The normalized spacial score (nSPS) is 25.3. The minimum absolute atomic E-state index is 0.164. The molecule has 1 aromatic rings. The number of nitrogens with one attached hydrogen (secondary N) is 1. The van der Waals surface area contributed by atoms with E-state index < -0.39 is 5.60 Å². The van der Waals surface area contributed by atoms with Gasteiger partial charge in [-0.05, 0) is 55.9 Å². The van der Waals surface area contributed by atoms with Gasteiger partial charge in [0.25, 0.3) is 0 Å². The first-order valence-corrected chi connectivity index (χ1v) is 12.0. The van der Waals surface area contributed by atoms with Gasteiger partial charge in [0.05, 0.1) is 17.9 Å². The fraction of sp³-hybridized carbons (Fsp3) is 0.560. The fourth-order valence-corrected chi connectivity index (χ4v) is 4.98. The van der Waals surface area contributed by atoms with E-state index in [1.807, 2.05) is 12.2 Å². The van der Waals surface area contributed by atoms with Crippen LogP contribution in [0.5, 0.6) is 5.75 Å². The second-order valence-electron chi connectivity index (χ2n) is 9.61. The molecule has 5 nitrogen and oxygen atoms in total. The summed E-state index contributed by atoms with van der Waals surface area (Å²) in [5.41, 5.74) is -0.315. The smallest absolute Gasteiger partial charge is 0.221 e. The number of allylic oxidation sites excluding steroid dienone is 4. The summed E-state index contributed by atoms with van der Waals surface area (Å²) in [7, 11) is 0. The van der Waals surface area contributed by atoms with E-state index in [1.54, 1.807) is 18.2 Å². The van der Waals surface area contributed by atoms with Gasteiger partial charge in [0.15, 0.2) is 0 Å². The highest BCUT2D eigenvalue weighted by atomic mass is 35.5. The van der Waals surface area contributed by atoms with Crippen molar-refractivity contribution >= 4 is 34.8 Å². The Kier molecular flexibility index (Phi) is 8.31. The molecule has 0 aromatic heterocycles. The van der Waals surface area contributed by atoms with E-state index in [2.05, 4.69) is 30.1 Å². The van der Waals surface area contributed by atoms with Crippen molar-refractivity contribution in [3.05, 3.63) is 46.5 Å². The van der Waals surface area contributed by atoms with Crippen LogP contribution in [-0.2, 0) is 4.79 Å². The van der Waals surface area contributed by atoms with E-state index in [9.17, 15) is 9.90 Å². The molecule has 1 aliphatic carbocycles. The molecule has 32 heavy (non-hydrogen) atoms. The Morgan fingerprint density at radius 2 is 2.12 bits per heavy atom. The van der Waals surface area contributed by atoms with Gasteiger partial charge in [-0.15, -0.1) is 0 Å². The second-order valence-corrected chi connectivity index (χ2v) is 10.5. The molecule has 0 radical (unpaired) electrons. The number of halogens is 2. The monoisotopic (exact) mass is 480 g/mol. The Hall–Kier alpha value is -1.53. The number of aliphatic hydroxyl groups is 1. The number of hydrogen-bond donors (Lipinski definition) is 2. The molecule has 1 saturated heterocycles. The van der Waals surface area contributed by atoms with Crippen LogP contribution in [-0.4, -0.2) is 47.8 Å². The van der Waals surface area contributed by atoms with Gasteiger partial charge in [0.1, 0.15) is 5.75 Å². The summed E-state index contributed by atoms with van der Waals surface area (Å²) in [5.74, 6) is 0.787. The lowest BCUT2D eigenvalue weighted by atomic mass is 9.65. The molecule has 1 aromatic carbocycles. The van der Waals surface area contributed by atoms with Crippen molar-refractivity contribution < 1.29 is 14.6 Å². The maximum absolute atomic E-state index is 11.5. The molecule has 1 heterocycles. The molecule has 3 rings (SSSR count). The molecule has 7 heteroatoms. The average Bonchev–Trinajstić information content (AvgIpc) is 2.71.